The molecule has 31 heavy (non-hydrogen) atoms. The highest BCUT2D eigenvalue weighted by Crippen LogP contribution is 2.03. The van der Waals surface area contributed by atoms with Gasteiger partial charge in [0.15, 0.2) is 0 Å². The number of hydrogen-bond acceptors (Lipinski definition) is 8. The maximum atomic E-state index is 11.8. The van der Waals surface area contributed by atoms with Crippen molar-refractivity contribution in [2.75, 3.05) is 33.5 Å². The molecule has 0 atom stereocenters. The predicted molar refractivity (Wildman–Crippen MR) is 109 cm³/mol. The minimum atomic E-state index is -1.06. The van der Waals surface area contributed by atoms with Crippen molar-refractivity contribution in [3.05, 3.63) is 41.5 Å². The van der Waals surface area contributed by atoms with E-state index in [-0.39, 0.29) is 24.6 Å². The van der Waals surface area contributed by atoms with Crippen molar-refractivity contribution in [1.29, 1.82) is 0 Å². The van der Waals surface area contributed by atoms with E-state index in [0.29, 0.717) is 32.0 Å². The molecule has 0 fully saturated rings. The highest BCUT2D eigenvalue weighted by molar-refractivity contribution is 5.87. The average molecular weight is 435 g/mol. The number of aryl methyl sites for hydroxylation is 1. The topological polar surface area (TPSA) is 138 Å². The Balaban J connectivity index is 1.46. The quantitative estimate of drug-likeness (QED) is 0.370. The summed E-state index contributed by atoms with van der Waals surface area (Å²) in [5.74, 6) is -1.33. The summed E-state index contributed by atoms with van der Waals surface area (Å²) in [6, 6.07) is 1.47. The molecule has 170 valence electrons. The SMILES string of the molecule is COCCCn1cc(COCCCCOCC(=O)NCc2cncc(C(=O)O)c2)nn1. The number of amides is 1. The molecule has 11 nitrogen and oxygen atoms in total. The maximum absolute atomic E-state index is 11.8. The number of carboxylic acids is 1. The number of ether oxygens (including phenoxy) is 3. The zero-order valence-corrected chi connectivity index (χ0v) is 17.7. The highest BCUT2D eigenvalue weighted by Gasteiger charge is 2.06. The molecule has 2 aromatic heterocycles. The summed E-state index contributed by atoms with van der Waals surface area (Å²) in [5.41, 5.74) is 1.48. The Kier molecular flexibility index (Phi) is 11.1. The normalized spacial score (nSPS) is 10.9. The predicted octanol–water partition coefficient (Wildman–Crippen LogP) is 1.04. The summed E-state index contributed by atoms with van der Waals surface area (Å²) in [5, 5.41) is 19.7. The molecule has 1 amide bonds. The van der Waals surface area contributed by atoms with Gasteiger partial charge in [0.25, 0.3) is 0 Å². The van der Waals surface area contributed by atoms with Crippen molar-refractivity contribution in [1.82, 2.24) is 25.3 Å². The zero-order chi connectivity index (χ0) is 22.3. The Morgan fingerprint density at radius 3 is 2.71 bits per heavy atom. The largest absolute Gasteiger partial charge is 0.478 e. The molecule has 2 rings (SSSR count). The Morgan fingerprint density at radius 2 is 1.94 bits per heavy atom. The van der Waals surface area contributed by atoms with E-state index >= 15 is 0 Å². The van der Waals surface area contributed by atoms with Crippen LogP contribution in [0.4, 0.5) is 0 Å². The van der Waals surface area contributed by atoms with Crippen LogP contribution in [0.15, 0.2) is 24.7 Å². The van der Waals surface area contributed by atoms with Crippen LogP contribution in [0.5, 0.6) is 0 Å². The molecular formula is C20H29N5O6. The Labute approximate surface area is 180 Å². The number of carbonyl (C=O) groups excluding carboxylic acids is 1. The zero-order valence-electron chi connectivity index (χ0n) is 17.7. The minimum Gasteiger partial charge on any atom is -0.478 e. The first-order chi connectivity index (χ1) is 15.1. The molecule has 0 aromatic carbocycles. The first-order valence-electron chi connectivity index (χ1n) is 10.1. The van der Waals surface area contributed by atoms with Gasteiger partial charge in [0.2, 0.25) is 5.91 Å². The van der Waals surface area contributed by atoms with Crippen molar-refractivity contribution in [3.8, 4) is 0 Å². The van der Waals surface area contributed by atoms with E-state index in [1.807, 2.05) is 6.20 Å². The number of hydrogen-bond donors (Lipinski definition) is 2. The lowest BCUT2D eigenvalue weighted by Crippen LogP contribution is -2.27. The second-order valence-electron chi connectivity index (χ2n) is 6.80. The summed E-state index contributed by atoms with van der Waals surface area (Å²) in [7, 11) is 1.67. The number of carboxylic acid groups (broad SMARTS) is 1. The number of carbonyl (C=O) groups is 2. The van der Waals surface area contributed by atoms with Crippen molar-refractivity contribution in [2.45, 2.75) is 39.0 Å². The van der Waals surface area contributed by atoms with Crippen molar-refractivity contribution < 1.29 is 28.9 Å². The third kappa shape index (κ3) is 10.1. The molecule has 11 heteroatoms. The van der Waals surface area contributed by atoms with Crippen molar-refractivity contribution in [2.24, 2.45) is 0 Å². The number of rotatable bonds is 16. The number of aromatic nitrogens is 4. The van der Waals surface area contributed by atoms with Crippen LogP contribution in [-0.4, -0.2) is 70.5 Å². The van der Waals surface area contributed by atoms with Gasteiger partial charge in [-0.05, 0) is 30.9 Å². The molecule has 0 aliphatic rings. The van der Waals surface area contributed by atoms with Crippen LogP contribution in [0.1, 0.15) is 40.9 Å². The van der Waals surface area contributed by atoms with E-state index < -0.39 is 5.97 Å². The van der Waals surface area contributed by atoms with E-state index in [0.717, 1.165) is 31.5 Å². The summed E-state index contributed by atoms with van der Waals surface area (Å²) >= 11 is 0. The fourth-order valence-electron chi connectivity index (χ4n) is 2.59. The molecule has 0 bridgehead atoms. The second kappa shape index (κ2) is 14.2. The van der Waals surface area contributed by atoms with E-state index in [2.05, 4.69) is 20.6 Å². The van der Waals surface area contributed by atoms with Crippen LogP contribution >= 0.6 is 0 Å². The lowest BCUT2D eigenvalue weighted by atomic mass is 10.2. The van der Waals surface area contributed by atoms with Gasteiger partial charge < -0.3 is 24.6 Å². The van der Waals surface area contributed by atoms with Gasteiger partial charge in [-0.25, -0.2) is 4.79 Å². The third-order valence-electron chi connectivity index (χ3n) is 4.16. The number of nitrogens with one attached hydrogen (secondary N) is 1. The Morgan fingerprint density at radius 1 is 1.13 bits per heavy atom. The molecule has 2 N–H and O–H groups in total. The van der Waals surface area contributed by atoms with Crippen molar-refractivity contribution in [3.63, 3.8) is 0 Å². The van der Waals surface area contributed by atoms with E-state index in [1.165, 1.54) is 18.5 Å². The number of nitrogens with zero attached hydrogens (tertiary/aromatic N) is 4. The van der Waals surface area contributed by atoms with Gasteiger partial charge in [-0.1, -0.05) is 5.21 Å². The molecule has 0 unspecified atom stereocenters. The van der Waals surface area contributed by atoms with Crippen LogP contribution in [-0.2, 0) is 38.7 Å². The molecule has 0 spiro atoms. The molecule has 2 aromatic rings. The molecule has 0 saturated heterocycles. The summed E-state index contributed by atoms with van der Waals surface area (Å²) in [4.78, 5) is 26.5. The second-order valence-corrected chi connectivity index (χ2v) is 6.80. The molecule has 0 aliphatic carbocycles. The lowest BCUT2D eigenvalue weighted by Gasteiger charge is -2.07. The van der Waals surface area contributed by atoms with E-state index in [1.54, 1.807) is 11.8 Å². The fraction of sp³-hybridized carbons (Fsp3) is 0.550. The number of aromatic carboxylic acids is 1. The number of pyridine rings is 1. The van der Waals surface area contributed by atoms with Gasteiger partial charge in [-0.15, -0.1) is 5.10 Å². The van der Waals surface area contributed by atoms with Crippen LogP contribution < -0.4 is 5.32 Å². The van der Waals surface area contributed by atoms with Crippen LogP contribution in [0, 0.1) is 0 Å². The molecule has 2 heterocycles. The van der Waals surface area contributed by atoms with Gasteiger partial charge in [0.1, 0.15) is 12.3 Å². The summed E-state index contributed by atoms with van der Waals surface area (Å²) < 4.78 is 17.7. The van der Waals surface area contributed by atoms with Gasteiger partial charge in [-0.3, -0.25) is 14.5 Å². The third-order valence-corrected chi connectivity index (χ3v) is 4.16. The summed E-state index contributed by atoms with van der Waals surface area (Å²) in [6.45, 7) is 3.01. The minimum absolute atomic E-state index is 0.0565. The van der Waals surface area contributed by atoms with Crippen LogP contribution in [0.2, 0.25) is 0 Å². The summed E-state index contributed by atoms with van der Waals surface area (Å²) in [6.07, 6.45) is 7.08. The lowest BCUT2D eigenvalue weighted by molar-refractivity contribution is -0.125. The van der Waals surface area contributed by atoms with Gasteiger partial charge in [-0.2, -0.15) is 0 Å². The average Bonchev–Trinajstić information content (AvgIpc) is 3.22. The van der Waals surface area contributed by atoms with Crippen molar-refractivity contribution >= 4 is 11.9 Å². The number of methoxy groups -OCH3 is 1. The standard InChI is InChI=1S/C20H29N5O6/c1-29-6-4-5-25-13-18(23-24-25)14-30-7-2-3-8-31-15-19(26)22-11-16-9-17(20(27)28)12-21-10-16/h9-10,12-13H,2-8,11,14-15H2,1H3,(H,22,26)(H,27,28). The smallest absolute Gasteiger partial charge is 0.337 e. The molecule has 0 aliphatic heterocycles. The van der Waals surface area contributed by atoms with Crippen LogP contribution in [0.3, 0.4) is 0 Å². The van der Waals surface area contributed by atoms with Gasteiger partial charge in [0, 0.05) is 52.4 Å². The molecule has 0 radical (unpaired) electrons. The molecular weight excluding hydrogens is 406 g/mol. The van der Waals surface area contributed by atoms with E-state index in [9.17, 15) is 9.59 Å². The molecule has 0 saturated carbocycles. The maximum Gasteiger partial charge on any atom is 0.337 e. The first kappa shape index (κ1) is 24.4. The first-order valence-corrected chi connectivity index (χ1v) is 10.1. The van der Waals surface area contributed by atoms with Gasteiger partial charge >= 0.3 is 5.97 Å². The monoisotopic (exact) mass is 435 g/mol. The fourth-order valence-corrected chi connectivity index (χ4v) is 2.59. The van der Waals surface area contributed by atoms with Crippen LogP contribution in [0.25, 0.3) is 0 Å². The number of unbranched alkanes of at least 4 members (excludes halogenated alkanes) is 1. The Bertz CT molecular complexity index is 813. The van der Waals surface area contributed by atoms with E-state index in [4.69, 9.17) is 19.3 Å². The van der Waals surface area contributed by atoms with Gasteiger partial charge in [0.05, 0.1) is 18.4 Å². The highest BCUT2D eigenvalue weighted by atomic mass is 16.5. The Hall–Kier alpha value is -2.89.